The molecular formula is C24H27N3O4S. The minimum absolute atomic E-state index is 0.0557. The molecule has 8 heteroatoms. The SMILES string of the molecule is COc1ccc(SCC(=O)N2CCCN2C(=O)Cc2c(C)[nH]c3ccccc23)cc1OC. The van der Waals surface area contributed by atoms with E-state index in [9.17, 15) is 9.59 Å². The highest BCUT2D eigenvalue weighted by molar-refractivity contribution is 8.00. The minimum atomic E-state index is -0.0775. The third-order valence-corrected chi connectivity index (χ3v) is 6.66. The number of rotatable bonds is 7. The summed E-state index contributed by atoms with van der Waals surface area (Å²) in [7, 11) is 3.17. The monoisotopic (exact) mass is 453 g/mol. The van der Waals surface area contributed by atoms with Gasteiger partial charge in [-0.2, -0.15) is 0 Å². The van der Waals surface area contributed by atoms with E-state index in [1.807, 2.05) is 49.4 Å². The van der Waals surface area contributed by atoms with Crippen LogP contribution in [-0.2, 0) is 16.0 Å². The molecule has 32 heavy (non-hydrogen) atoms. The zero-order chi connectivity index (χ0) is 22.7. The fourth-order valence-electron chi connectivity index (χ4n) is 4.06. The number of hydrogen-bond acceptors (Lipinski definition) is 5. The lowest BCUT2D eigenvalue weighted by atomic mass is 10.1. The molecule has 0 aliphatic carbocycles. The van der Waals surface area contributed by atoms with E-state index in [1.54, 1.807) is 24.2 Å². The Bertz CT molecular complexity index is 1140. The fraction of sp³-hybridized carbons (Fsp3) is 0.333. The molecule has 1 aromatic heterocycles. The van der Waals surface area contributed by atoms with E-state index in [0.29, 0.717) is 24.6 Å². The van der Waals surface area contributed by atoms with Crippen LogP contribution >= 0.6 is 11.8 Å². The molecule has 2 aromatic carbocycles. The smallest absolute Gasteiger partial charge is 0.251 e. The summed E-state index contributed by atoms with van der Waals surface area (Å²) >= 11 is 1.42. The van der Waals surface area contributed by atoms with E-state index in [2.05, 4.69) is 4.98 Å². The maximum absolute atomic E-state index is 13.1. The molecular weight excluding hydrogens is 426 g/mol. The van der Waals surface area contributed by atoms with Gasteiger partial charge < -0.3 is 14.5 Å². The van der Waals surface area contributed by atoms with E-state index >= 15 is 0 Å². The number of carbonyl (C=O) groups excluding carboxylic acids is 2. The van der Waals surface area contributed by atoms with Crippen LogP contribution in [0, 0.1) is 6.92 Å². The van der Waals surface area contributed by atoms with Crippen molar-refractivity contribution in [2.45, 2.75) is 24.7 Å². The molecule has 1 aliphatic heterocycles. The zero-order valence-electron chi connectivity index (χ0n) is 18.5. The van der Waals surface area contributed by atoms with Gasteiger partial charge in [-0.1, -0.05) is 18.2 Å². The fourth-order valence-corrected chi connectivity index (χ4v) is 4.86. The van der Waals surface area contributed by atoms with Crippen molar-refractivity contribution in [3.05, 3.63) is 53.7 Å². The first-order valence-electron chi connectivity index (χ1n) is 10.5. The molecule has 0 radical (unpaired) electrons. The second-order valence-electron chi connectivity index (χ2n) is 7.64. The van der Waals surface area contributed by atoms with Crippen molar-refractivity contribution in [2.24, 2.45) is 0 Å². The summed E-state index contributed by atoms with van der Waals surface area (Å²) in [5, 5.41) is 4.26. The summed E-state index contributed by atoms with van der Waals surface area (Å²) in [6.45, 7) is 3.10. The molecule has 4 rings (SSSR count). The molecule has 0 spiro atoms. The number of fused-ring (bicyclic) bond motifs is 1. The van der Waals surface area contributed by atoms with Gasteiger partial charge in [-0.25, -0.2) is 0 Å². The summed E-state index contributed by atoms with van der Waals surface area (Å²) in [6.07, 6.45) is 1.05. The van der Waals surface area contributed by atoms with Crippen LogP contribution in [0.15, 0.2) is 47.4 Å². The molecule has 0 bridgehead atoms. The summed E-state index contributed by atoms with van der Waals surface area (Å²) in [5.41, 5.74) is 3.00. The van der Waals surface area contributed by atoms with E-state index in [4.69, 9.17) is 9.47 Å². The average Bonchev–Trinajstić information content (AvgIpc) is 3.42. The Morgan fingerprint density at radius 3 is 2.47 bits per heavy atom. The molecule has 0 atom stereocenters. The number of benzene rings is 2. The van der Waals surface area contributed by atoms with Crippen LogP contribution < -0.4 is 9.47 Å². The maximum Gasteiger partial charge on any atom is 0.251 e. The summed E-state index contributed by atoms with van der Waals surface area (Å²) in [5.74, 6) is 1.38. The van der Waals surface area contributed by atoms with Crippen molar-refractivity contribution >= 4 is 34.5 Å². The third-order valence-electron chi connectivity index (χ3n) is 5.68. The minimum Gasteiger partial charge on any atom is -0.493 e. The number of para-hydroxylation sites is 1. The second kappa shape index (κ2) is 9.56. The Morgan fingerprint density at radius 1 is 1.00 bits per heavy atom. The number of methoxy groups -OCH3 is 2. The van der Waals surface area contributed by atoms with Crippen molar-refractivity contribution in [1.82, 2.24) is 15.0 Å². The van der Waals surface area contributed by atoms with Gasteiger partial charge in [0.25, 0.3) is 5.91 Å². The topological polar surface area (TPSA) is 74.9 Å². The van der Waals surface area contributed by atoms with E-state index in [-0.39, 0.29) is 24.0 Å². The average molecular weight is 454 g/mol. The standard InChI is InChI=1S/C24H27N3O4S/c1-16-19(18-7-4-5-8-20(18)25-16)14-23(28)26-11-6-12-27(26)24(29)15-32-17-9-10-21(30-2)22(13-17)31-3/h4-5,7-10,13,25H,6,11-12,14-15H2,1-3H3. The molecule has 1 fully saturated rings. The van der Waals surface area contributed by atoms with Crippen molar-refractivity contribution in [1.29, 1.82) is 0 Å². The molecule has 2 heterocycles. The number of aryl methyl sites for hydroxylation is 1. The van der Waals surface area contributed by atoms with Crippen LogP contribution in [-0.4, -0.2) is 59.9 Å². The van der Waals surface area contributed by atoms with E-state index < -0.39 is 0 Å². The Balaban J connectivity index is 1.42. The molecule has 0 unspecified atom stereocenters. The first-order chi connectivity index (χ1) is 15.5. The Hall–Kier alpha value is -3.13. The number of hydrazine groups is 1. The summed E-state index contributed by atoms with van der Waals surface area (Å²) in [4.78, 5) is 30.3. The predicted octanol–water partition coefficient (Wildman–Crippen LogP) is 3.80. The van der Waals surface area contributed by atoms with Crippen molar-refractivity contribution in [3.8, 4) is 11.5 Å². The number of thioether (sulfide) groups is 1. The lowest BCUT2D eigenvalue weighted by molar-refractivity contribution is -0.155. The number of nitrogens with one attached hydrogen (secondary N) is 1. The molecule has 168 valence electrons. The van der Waals surface area contributed by atoms with Crippen LogP contribution in [0.5, 0.6) is 11.5 Å². The van der Waals surface area contributed by atoms with Gasteiger partial charge in [-0.15, -0.1) is 11.8 Å². The first-order valence-corrected chi connectivity index (χ1v) is 11.5. The number of ether oxygens (including phenoxy) is 2. The second-order valence-corrected chi connectivity index (χ2v) is 8.69. The molecule has 0 saturated carbocycles. The maximum atomic E-state index is 13.1. The highest BCUT2D eigenvalue weighted by Gasteiger charge is 2.31. The molecule has 2 amide bonds. The lowest BCUT2D eigenvalue weighted by Crippen LogP contribution is -2.46. The van der Waals surface area contributed by atoms with E-state index in [0.717, 1.165) is 33.5 Å². The van der Waals surface area contributed by atoms with E-state index in [1.165, 1.54) is 11.8 Å². The number of aromatic nitrogens is 1. The van der Waals surface area contributed by atoms with Crippen molar-refractivity contribution < 1.29 is 19.1 Å². The van der Waals surface area contributed by atoms with Gasteiger partial charge >= 0.3 is 0 Å². The first kappa shape index (κ1) is 22.1. The Morgan fingerprint density at radius 2 is 1.72 bits per heavy atom. The molecule has 3 aromatic rings. The lowest BCUT2D eigenvalue weighted by Gasteiger charge is -2.28. The zero-order valence-corrected chi connectivity index (χ0v) is 19.3. The van der Waals surface area contributed by atoms with Gasteiger partial charge in [0.1, 0.15) is 0 Å². The molecule has 1 aliphatic rings. The van der Waals surface area contributed by atoms with Gasteiger partial charge in [0, 0.05) is 34.6 Å². The number of hydrogen-bond donors (Lipinski definition) is 1. The van der Waals surface area contributed by atoms with Crippen LogP contribution in [0.2, 0.25) is 0 Å². The van der Waals surface area contributed by atoms with Gasteiger partial charge in [0.15, 0.2) is 11.5 Å². The number of carbonyl (C=O) groups is 2. The molecule has 1 N–H and O–H groups in total. The largest absolute Gasteiger partial charge is 0.493 e. The van der Waals surface area contributed by atoms with Gasteiger partial charge in [0.2, 0.25) is 5.91 Å². The van der Waals surface area contributed by atoms with Crippen LogP contribution in [0.4, 0.5) is 0 Å². The quantitative estimate of drug-likeness (QED) is 0.551. The Labute approximate surface area is 191 Å². The van der Waals surface area contributed by atoms with Gasteiger partial charge in [-0.05, 0) is 43.2 Å². The number of amides is 2. The van der Waals surface area contributed by atoms with Crippen LogP contribution in [0.3, 0.4) is 0 Å². The van der Waals surface area contributed by atoms with Crippen molar-refractivity contribution in [3.63, 3.8) is 0 Å². The Kier molecular flexibility index (Phi) is 6.60. The highest BCUT2D eigenvalue weighted by Crippen LogP contribution is 2.32. The molecule has 7 nitrogen and oxygen atoms in total. The van der Waals surface area contributed by atoms with Gasteiger partial charge in [0.05, 0.1) is 26.4 Å². The normalized spacial score (nSPS) is 13.6. The van der Waals surface area contributed by atoms with Gasteiger partial charge in [-0.3, -0.25) is 19.6 Å². The summed E-state index contributed by atoms with van der Waals surface area (Å²) < 4.78 is 10.6. The van der Waals surface area contributed by atoms with Crippen LogP contribution in [0.25, 0.3) is 10.9 Å². The highest BCUT2D eigenvalue weighted by atomic mass is 32.2. The molecule has 1 saturated heterocycles. The summed E-state index contributed by atoms with van der Waals surface area (Å²) in [6, 6.07) is 13.5. The number of H-pyrrole nitrogens is 1. The van der Waals surface area contributed by atoms with Crippen molar-refractivity contribution in [2.75, 3.05) is 33.1 Å². The number of aromatic amines is 1. The number of nitrogens with zero attached hydrogens (tertiary/aromatic N) is 2. The third kappa shape index (κ3) is 4.41. The van der Waals surface area contributed by atoms with Crippen LogP contribution in [0.1, 0.15) is 17.7 Å². The predicted molar refractivity (Wildman–Crippen MR) is 125 cm³/mol.